The normalized spacial score (nSPS) is 24.3. The summed E-state index contributed by atoms with van der Waals surface area (Å²) in [7, 11) is 0. The van der Waals surface area contributed by atoms with Crippen LogP contribution < -0.4 is 16.6 Å². The molecule has 64 valence electrons. The third kappa shape index (κ3) is 2.98. The monoisotopic (exact) mass is 175 g/mol. The number of amides is 2. The summed E-state index contributed by atoms with van der Waals surface area (Å²) in [5, 5.41) is 2.77. The summed E-state index contributed by atoms with van der Waals surface area (Å²) < 4.78 is 0. The highest BCUT2D eigenvalue weighted by atomic mass is 32.2. The molecule has 1 rings (SSSR count). The Morgan fingerprint density at radius 2 is 2.45 bits per heavy atom. The van der Waals surface area contributed by atoms with E-state index in [1.807, 2.05) is 11.8 Å². The maximum Gasteiger partial charge on any atom is 0.329 e. The van der Waals surface area contributed by atoms with Gasteiger partial charge < -0.3 is 5.32 Å². The van der Waals surface area contributed by atoms with Gasteiger partial charge in [0.05, 0.1) is 0 Å². The highest BCUT2D eigenvalue weighted by molar-refractivity contribution is 7.99. The van der Waals surface area contributed by atoms with E-state index in [4.69, 9.17) is 5.84 Å². The molecule has 4 N–H and O–H groups in total. The van der Waals surface area contributed by atoms with Crippen LogP contribution >= 0.6 is 11.8 Å². The van der Waals surface area contributed by atoms with E-state index in [9.17, 15) is 4.79 Å². The van der Waals surface area contributed by atoms with Gasteiger partial charge in [-0.2, -0.15) is 11.8 Å². The van der Waals surface area contributed by atoms with E-state index in [0.717, 1.165) is 12.2 Å². The molecule has 0 spiro atoms. The first-order chi connectivity index (χ1) is 5.33. The van der Waals surface area contributed by atoms with Gasteiger partial charge in [0.25, 0.3) is 0 Å². The fourth-order valence-corrected chi connectivity index (χ4v) is 2.15. The van der Waals surface area contributed by atoms with Gasteiger partial charge in [0.15, 0.2) is 0 Å². The smallest absolute Gasteiger partial charge is 0.329 e. The maximum atomic E-state index is 10.7. The fraction of sp³-hybridized carbons (Fsp3) is 0.833. The summed E-state index contributed by atoms with van der Waals surface area (Å²) in [4.78, 5) is 10.7. The van der Waals surface area contributed by atoms with E-state index in [0.29, 0.717) is 6.04 Å². The van der Waals surface area contributed by atoms with Crippen LogP contribution in [0.15, 0.2) is 0 Å². The van der Waals surface area contributed by atoms with Gasteiger partial charge in [-0.1, -0.05) is 0 Å². The summed E-state index contributed by atoms with van der Waals surface area (Å²) in [6.45, 7) is 0. The molecule has 1 heterocycles. The van der Waals surface area contributed by atoms with Crippen molar-refractivity contribution in [3.63, 3.8) is 0 Å². The Morgan fingerprint density at radius 3 is 3.00 bits per heavy atom. The second-order valence-corrected chi connectivity index (χ2v) is 3.68. The van der Waals surface area contributed by atoms with Crippen molar-refractivity contribution in [2.45, 2.75) is 18.9 Å². The highest BCUT2D eigenvalue weighted by Crippen LogP contribution is 2.16. The number of carbonyl (C=O) groups excluding carboxylic acids is 1. The van der Waals surface area contributed by atoms with E-state index >= 15 is 0 Å². The lowest BCUT2D eigenvalue weighted by atomic mass is 10.2. The molecule has 1 atom stereocenters. The molecular formula is C6H13N3OS. The molecule has 4 nitrogen and oxygen atoms in total. The average Bonchev–Trinajstić information content (AvgIpc) is 2.06. The number of urea groups is 1. The molecular weight excluding hydrogens is 162 g/mol. The van der Waals surface area contributed by atoms with Crippen LogP contribution in [0.2, 0.25) is 0 Å². The summed E-state index contributed by atoms with van der Waals surface area (Å²) in [6, 6.07) is 0.0230. The molecule has 1 fully saturated rings. The number of carbonyl (C=O) groups is 1. The summed E-state index contributed by atoms with van der Waals surface area (Å²) in [5.74, 6) is 7.14. The zero-order valence-corrected chi connectivity index (χ0v) is 7.12. The van der Waals surface area contributed by atoms with Crippen molar-refractivity contribution in [2.24, 2.45) is 5.84 Å². The number of nitrogens with one attached hydrogen (secondary N) is 2. The molecule has 1 saturated heterocycles. The summed E-state index contributed by atoms with van der Waals surface area (Å²) in [5.41, 5.74) is 2.05. The van der Waals surface area contributed by atoms with Crippen LogP contribution in [0.5, 0.6) is 0 Å². The van der Waals surface area contributed by atoms with Gasteiger partial charge >= 0.3 is 6.03 Å². The number of thioether (sulfide) groups is 1. The molecule has 0 aromatic carbocycles. The van der Waals surface area contributed by atoms with Crippen molar-refractivity contribution in [1.29, 1.82) is 0 Å². The van der Waals surface area contributed by atoms with E-state index in [-0.39, 0.29) is 6.03 Å². The van der Waals surface area contributed by atoms with Gasteiger partial charge in [-0.25, -0.2) is 10.6 Å². The number of rotatable bonds is 1. The zero-order chi connectivity index (χ0) is 8.10. The van der Waals surface area contributed by atoms with Crippen LogP contribution in [-0.4, -0.2) is 23.6 Å². The molecule has 0 aliphatic carbocycles. The van der Waals surface area contributed by atoms with Crippen LogP contribution in [0.3, 0.4) is 0 Å². The first-order valence-corrected chi connectivity index (χ1v) is 4.83. The van der Waals surface area contributed by atoms with E-state index in [2.05, 4.69) is 10.7 Å². The maximum absolute atomic E-state index is 10.7. The van der Waals surface area contributed by atoms with E-state index in [1.54, 1.807) is 0 Å². The lowest BCUT2D eigenvalue weighted by Crippen LogP contribution is -2.46. The molecule has 1 aliphatic rings. The molecule has 1 unspecified atom stereocenters. The van der Waals surface area contributed by atoms with Gasteiger partial charge in [-0.05, 0) is 18.6 Å². The third-order valence-corrected chi connectivity index (χ3v) is 2.84. The van der Waals surface area contributed by atoms with Crippen molar-refractivity contribution >= 4 is 17.8 Å². The number of hydrogen-bond donors (Lipinski definition) is 3. The summed E-state index contributed by atoms with van der Waals surface area (Å²) in [6.07, 6.45) is 2.25. The topological polar surface area (TPSA) is 67.1 Å². The second kappa shape index (κ2) is 4.46. The third-order valence-electron chi connectivity index (χ3n) is 1.63. The van der Waals surface area contributed by atoms with Crippen molar-refractivity contribution in [3.05, 3.63) is 0 Å². The van der Waals surface area contributed by atoms with Crippen LogP contribution in [0.1, 0.15) is 12.8 Å². The molecule has 11 heavy (non-hydrogen) atoms. The average molecular weight is 175 g/mol. The lowest BCUT2D eigenvalue weighted by molar-refractivity contribution is 0.237. The van der Waals surface area contributed by atoms with Gasteiger partial charge in [-0.15, -0.1) is 0 Å². The van der Waals surface area contributed by atoms with Crippen molar-refractivity contribution in [3.8, 4) is 0 Å². The minimum atomic E-state index is -0.280. The van der Waals surface area contributed by atoms with Crippen LogP contribution in [0.25, 0.3) is 0 Å². The second-order valence-electron chi connectivity index (χ2n) is 2.53. The predicted molar refractivity (Wildman–Crippen MR) is 46.2 cm³/mol. The lowest BCUT2D eigenvalue weighted by Gasteiger charge is -2.21. The van der Waals surface area contributed by atoms with Gasteiger partial charge in [0.2, 0.25) is 0 Å². The van der Waals surface area contributed by atoms with Crippen LogP contribution in [-0.2, 0) is 0 Å². The molecule has 0 saturated carbocycles. The standard InChI is InChI=1S/C6H13N3OS/c7-9-6(10)8-5-2-1-3-11-4-5/h5H,1-4,7H2,(H2,8,9,10). The SMILES string of the molecule is NNC(=O)NC1CCCSC1. The molecule has 2 amide bonds. The van der Waals surface area contributed by atoms with Gasteiger partial charge in [0, 0.05) is 11.8 Å². The number of hydrogen-bond acceptors (Lipinski definition) is 3. The first-order valence-electron chi connectivity index (χ1n) is 3.68. The van der Waals surface area contributed by atoms with Crippen molar-refractivity contribution < 1.29 is 4.79 Å². The Hall–Kier alpha value is -0.420. The summed E-state index contributed by atoms with van der Waals surface area (Å²) >= 11 is 1.87. The Bertz CT molecular complexity index is 136. The fourth-order valence-electron chi connectivity index (χ4n) is 1.08. The molecule has 5 heteroatoms. The molecule has 0 bridgehead atoms. The van der Waals surface area contributed by atoms with E-state index < -0.39 is 0 Å². The Labute approximate surface area is 70.3 Å². The van der Waals surface area contributed by atoms with Crippen molar-refractivity contribution in [2.75, 3.05) is 11.5 Å². The number of nitrogens with two attached hydrogens (primary N) is 1. The van der Waals surface area contributed by atoms with Crippen LogP contribution in [0.4, 0.5) is 4.79 Å². The van der Waals surface area contributed by atoms with Gasteiger partial charge in [0.1, 0.15) is 0 Å². The largest absolute Gasteiger partial charge is 0.333 e. The number of hydrazine groups is 1. The molecule has 0 radical (unpaired) electrons. The molecule has 1 aliphatic heterocycles. The predicted octanol–water partition coefficient (Wildman–Crippen LogP) is 0.0549. The highest BCUT2D eigenvalue weighted by Gasteiger charge is 2.14. The zero-order valence-electron chi connectivity index (χ0n) is 6.30. The van der Waals surface area contributed by atoms with E-state index in [1.165, 1.54) is 12.2 Å². The Balaban J connectivity index is 2.19. The minimum absolute atomic E-state index is 0.280. The minimum Gasteiger partial charge on any atom is -0.333 e. The Morgan fingerprint density at radius 1 is 1.64 bits per heavy atom. The Kier molecular flexibility index (Phi) is 3.51. The first kappa shape index (κ1) is 8.67. The molecule has 0 aromatic heterocycles. The quantitative estimate of drug-likeness (QED) is 0.300. The molecule has 0 aromatic rings. The van der Waals surface area contributed by atoms with Crippen LogP contribution in [0, 0.1) is 0 Å². The van der Waals surface area contributed by atoms with Crippen molar-refractivity contribution in [1.82, 2.24) is 10.7 Å². The van der Waals surface area contributed by atoms with Gasteiger partial charge in [-0.3, -0.25) is 5.43 Å².